The second-order valence-corrected chi connectivity index (χ2v) is 4.46. The normalized spacial score (nSPS) is 13.0. The van der Waals surface area contributed by atoms with Gasteiger partial charge in [0.15, 0.2) is 0 Å². The Morgan fingerprint density at radius 1 is 1.24 bits per heavy atom. The van der Waals surface area contributed by atoms with Gasteiger partial charge in [0.2, 0.25) is 5.91 Å². The Bertz CT molecular complexity index is 503. The first-order valence-corrected chi connectivity index (χ1v) is 6.33. The molecule has 0 saturated heterocycles. The Kier molecular flexibility index (Phi) is 6.35. The Hall–Kier alpha value is -2.41. The van der Waals surface area contributed by atoms with Gasteiger partial charge in [0.1, 0.15) is 6.04 Å². The summed E-state index contributed by atoms with van der Waals surface area (Å²) in [7, 11) is 1.15. The van der Waals surface area contributed by atoms with Crippen LogP contribution in [0.25, 0.3) is 0 Å². The van der Waals surface area contributed by atoms with E-state index in [0.717, 1.165) is 12.7 Å². The highest BCUT2D eigenvalue weighted by atomic mass is 16.5. The molecule has 0 saturated carbocycles. The van der Waals surface area contributed by atoms with E-state index in [9.17, 15) is 14.4 Å². The van der Waals surface area contributed by atoms with Gasteiger partial charge in [0, 0.05) is 12.5 Å². The van der Waals surface area contributed by atoms with Crippen LogP contribution in [0.2, 0.25) is 0 Å². The number of carboxylic acids is 1. The standard InChI is InChI=1S/C14H18N2O5/c1-21-13(18)8-11(14(19)20)16-12(17)7-10(15)9-5-3-2-4-6-9/h2-6,10-11H,7-8,15H2,1H3,(H,16,17)(H,19,20)/t10?,11-/m0/s1. The summed E-state index contributed by atoms with van der Waals surface area (Å²) in [6.45, 7) is 0. The molecule has 0 aliphatic rings. The molecule has 1 amide bonds. The Morgan fingerprint density at radius 2 is 1.86 bits per heavy atom. The zero-order valence-corrected chi connectivity index (χ0v) is 11.6. The first kappa shape index (κ1) is 16.6. The van der Waals surface area contributed by atoms with Gasteiger partial charge in [-0.25, -0.2) is 4.79 Å². The molecule has 7 heteroatoms. The number of carboxylic acid groups (broad SMARTS) is 1. The first-order chi connectivity index (χ1) is 9.93. The average molecular weight is 294 g/mol. The fourth-order valence-electron chi connectivity index (χ4n) is 1.72. The third kappa shape index (κ3) is 5.62. The van der Waals surface area contributed by atoms with E-state index in [0.29, 0.717) is 0 Å². The van der Waals surface area contributed by atoms with E-state index in [1.165, 1.54) is 0 Å². The maximum atomic E-state index is 11.8. The molecule has 1 unspecified atom stereocenters. The second-order valence-electron chi connectivity index (χ2n) is 4.46. The summed E-state index contributed by atoms with van der Waals surface area (Å²) in [6.07, 6.45) is -0.507. The molecule has 21 heavy (non-hydrogen) atoms. The van der Waals surface area contributed by atoms with Gasteiger partial charge in [-0.2, -0.15) is 0 Å². The van der Waals surface area contributed by atoms with E-state index in [2.05, 4.69) is 10.1 Å². The summed E-state index contributed by atoms with van der Waals surface area (Å²) >= 11 is 0. The van der Waals surface area contributed by atoms with Gasteiger partial charge < -0.3 is 20.9 Å². The fourth-order valence-corrected chi connectivity index (χ4v) is 1.72. The van der Waals surface area contributed by atoms with Gasteiger partial charge in [-0.1, -0.05) is 30.3 Å². The topological polar surface area (TPSA) is 119 Å². The number of hydrogen-bond acceptors (Lipinski definition) is 5. The van der Waals surface area contributed by atoms with Crippen molar-refractivity contribution >= 4 is 17.8 Å². The molecule has 2 atom stereocenters. The smallest absolute Gasteiger partial charge is 0.326 e. The Morgan fingerprint density at radius 3 is 2.38 bits per heavy atom. The van der Waals surface area contributed by atoms with E-state index in [1.54, 1.807) is 24.3 Å². The lowest BCUT2D eigenvalue weighted by molar-refractivity contribution is -0.148. The van der Waals surface area contributed by atoms with Gasteiger partial charge >= 0.3 is 11.9 Å². The number of hydrogen-bond donors (Lipinski definition) is 3. The van der Waals surface area contributed by atoms with Gasteiger partial charge in [-0.3, -0.25) is 9.59 Å². The summed E-state index contributed by atoms with van der Waals surface area (Å²) < 4.78 is 4.38. The molecule has 0 radical (unpaired) electrons. The van der Waals surface area contributed by atoms with E-state index >= 15 is 0 Å². The summed E-state index contributed by atoms with van der Waals surface area (Å²) in [4.78, 5) is 33.9. The van der Waals surface area contributed by atoms with Crippen molar-refractivity contribution in [3.05, 3.63) is 35.9 Å². The predicted molar refractivity (Wildman–Crippen MR) is 74.2 cm³/mol. The molecule has 0 aliphatic carbocycles. The van der Waals surface area contributed by atoms with Crippen LogP contribution in [0.5, 0.6) is 0 Å². The van der Waals surface area contributed by atoms with E-state index in [-0.39, 0.29) is 6.42 Å². The SMILES string of the molecule is COC(=O)C[C@H](NC(=O)CC(N)c1ccccc1)C(=O)O. The molecule has 7 nitrogen and oxygen atoms in total. The number of nitrogens with two attached hydrogens (primary N) is 1. The van der Waals surface area contributed by atoms with Gasteiger partial charge in [0.25, 0.3) is 0 Å². The maximum absolute atomic E-state index is 11.8. The van der Waals surface area contributed by atoms with Crippen molar-refractivity contribution in [3.8, 4) is 0 Å². The molecular formula is C14H18N2O5. The largest absolute Gasteiger partial charge is 0.480 e. The molecule has 0 aliphatic heterocycles. The van der Waals surface area contributed by atoms with Gasteiger partial charge in [-0.05, 0) is 5.56 Å². The molecule has 4 N–H and O–H groups in total. The van der Waals surface area contributed by atoms with Crippen LogP contribution in [0.15, 0.2) is 30.3 Å². The van der Waals surface area contributed by atoms with Crippen molar-refractivity contribution in [1.82, 2.24) is 5.32 Å². The second kappa shape index (κ2) is 8.01. The monoisotopic (exact) mass is 294 g/mol. The number of aliphatic carboxylic acids is 1. The van der Waals surface area contributed by atoms with E-state index in [1.807, 2.05) is 6.07 Å². The minimum Gasteiger partial charge on any atom is -0.480 e. The molecule has 0 heterocycles. The number of carbonyl (C=O) groups is 3. The minimum atomic E-state index is -1.33. The molecule has 1 aromatic rings. The van der Waals surface area contributed by atoms with Gasteiger partial charge in [-0.15, -0.1) is 0 Å². The molecule has 1 aromatic carbocycles. The molecular weight excluding hydrogens is 276 g/mol. The van der Waals surface area contributed by atoms with Crippen molar-refractivity contribution in [2.45, 2.75) is 24.9 Å². The van der Waals surface area contributed by atoms with E-state index in [4.69, 9.17) is 10.8 Å². The van der Waals surface area contributed by atoms with E-state index < -0.39 is 36.4 Å². The van der Waals surface area contributed by atoms with Crippen LogP contribution in [0.4, 0.5) is 0 Å². The number of rotatable bonds is 7. The van der Waals surface area contributed by atoms with Crippen LogP contribution < -0.4 is 11.1 Å². The molecule has 0 fully saturated rings. The number of benzene rings is 1. The zero-order valence-electron chi connectivity index (χ0n) is 11.6. The lowest BCUT2D eigenvalue weighted by Gasteiger charge is -2.16. The van der Waals surface area contributed by atoms with Crippen molar-refractivity contribution in [2.24, 2.45) is 5.73 Å². The summed E-state index contributed by atoms with van der Waals surface area (Å²) in [6, 6.07) is 7.11. The Balaban J connectivity index is 2.58. The molecule has 114 valence electrons. The molecule has 1 rings (SSSR count). The lowest BCUT2D eigenvalue weighted by Crippen LogP contribution is -2.43. The van der Waals surface area contributed by atoms with Crippen LogP contribution >= 0.6 is 0 Å². The minimum absolute atomic E-state index is 0.0744. The van der Waals surface area contributed by atoms with Crippen molar-refractivity contribution in [3.63, 3.8) is 0 Å². The first-order valence-electron chi connectivity index (χ1n) is 6.33. The van der Waals surface area contributed by atoms with Crippen molar-refractivity contribution in [1.29, 1.82) is 0 Å². The maximum Gasteiger partial charge on any atom is 0.326 e. The molecule has 0 aromatic heterocycles. The number of carbonyl (C=O) groups excluding carboxylic acids is 2. The van der Waals surface area contributed by atoms with Crippen molar-refractivity contribution < 1.29 is 24.2 Å². The summed E-state index contributed by atoms with van der Waals surface area (Å²) in [5.74, 6) is -2.56. The Labute approximate surface area is 122 Å². The number of ether oxygens (including phenoxy) is 1. The highest BCUT2D eigenvalue weighted by Gasteiger charge is 2.24. The van der Waals surface area contributed by atoms with Crippen LogP contribution in [-0.4, -0.2) is 36.1 Å². The van der Waals surface area contributed by atoms with Crippen LogP contribution in [0.3, 0.4) is 0 Å². The van der Waals surface area contributed by atoms with Gasteiger partial charge in [0.05, 0.1) is 13.5 Å². The van der Waals surface area contributed by atoms with Crippen LogP contribution in [-0.2, 0) is 19.1 Å². The highest BCUT2D eigenvalue weighted by molar-refractivity contribution is 5.87. The van der Waals surface area contributed by atoms with Crippen molar-refractivity contribution in [2.75, 3.05) is 7.11 Å². The molecule has 0 spiro atoms. The molecule has 0 bridgehead atoms. The average Bonchev–Trinajstić information content (AvgIpc) is 2.47. The van der Waals surface area contributed by atoms with Crippen LogP contribution in [0.1, 0.15) is 24.4 Å². The number of amides is 1. The summed E-state index contributed by atoms with van der Waals surface area (Å²) in [5, 5.41) is 11.2. The number of nitrogens with one attached hydrogen (secondary N) is 1. The zero-order chi connectivity index (χ0) is 15.8. The predicted octanol–water partition coefficient (Wildman–Crippen LogP) is 0.209. The van der Waals surface area contributed by atoms with Crippen LogP contribution in [0, 0.1) is 0 Å². The third-order valence-corrected chi connectivity index (χ3v) is 2.86. The highest BCUT2D eigenvalue weighted by Crippen LogP contribution is 2.13. The lowest BCUT2D eigenvalue weighted by atomic mass is 10.0. The fraction of sp³-hybridized carbons (Fsp3) is 0.357. The third-order valence-electron chi connectivity index (χ3n) is 2.86. The quantitative estimate of drug-likeness (QED) is 0.618. The summed E-state index contributed by atoms with van der Waals surface area (Å²) in [5.41, 5.74) is 6.65. The number of methoxy groups -OCH3 is 1. The number of esters is 1.